The number of benzene rings is 1. The first-order valence-corrected chi connectivity index (χ1v) is 6.95. The molecular formula is C14H15BrN2O3. The smallest absolute Gasteiger partial charge is 0.251 e. The van der Waals surface area contributed by atoms with Crippen molar-refractivity contribution in [1.29, 1.82) is 0 Å². The van der Waals surface area contributed by atoms with Gasteiger partial charge in [-0.25, -0.2) is 0 Å². The number of hydrogen-bond acceptors (Lipinski definition) is 4. The SMILES string of the molecule is O=C(NCCO)c1ccc(NCc2occc2Br)cc1. The highest BCUT2D eigenvalue weighted by atomic mass is 79.9. The van der Waals surface area contributed by atoms with Crippen LogP contribution in [-0.2, 0) is 6.54 Å². The van der Waals surface area contributed by atoms with E-state index >= 15 is 0 Å². The standard InChI is InChI=1S/C14H15BrN2O3/c15-12-5-8-20-13(12)9-17-11-3-1-10(2-4-11)14(19)16-6-7-18/h1-5,8,17-18H,6-7,9H2,(H,16,19). The van der Waals surface area contributed by atoms with E-state index in [1.54, 1.807) is 18.4 Å². The lowest BCUT2D eigenvalue weighted by Gasteiger charge is -2.07. The average Bonchev–Trinajstić information content (AvgIpc) is 2.88. The number of amides is 1. The monoisotopic (exact) mass is 338 g/mol. The van der Waals surface area contributed by atoms with Crippen LogP contribution >= 0.6 is 15.9 Å². The molecule has 5 nitrogen and oxygen atoms in total. The molecule has 0 unspecified atom stereocenters. The number of aliphatic hydroxyl groups is 1. The third-order valence-electron chi connectivity index (χ3n) is 2.69. The van der Waals surface area contributed by atoms with Gasteiger partial charge < -0.3 is 20.2 Å². The molecule has 3 N–H and O–H groups in total. The second kappa shape index (κ2) is 7.12. The molecule has 0 aliphatic rings. The number of anilines is 1. The molecule has 0 fully saturated rings. The Morgan fingerprint density at radius 2 is 2.00 bits per heavy atom. The van der Waals surface area contributed by atoms with Gasteiger partial charge in [-0.15, -0.1) is 0 Å². The third kappa shape index (κ3) is 3.85. The van der Waals surface area contributed by atoms with Gasteiger partial charge in [0.2, 0.25) is 0 Å². The Morgan fingerprint density at radius 1 is 1.25 bits per heavy atom. The van der Waals surface area contributed by atoms with Crippen LogP contribution in [0, 0.1) is 0 Å². The highest BCUT2D eigenvalue weighted by Gasteiger charge is 2.05. The van der Waals surface area contributed by atoms with Crippen LogP contribution < -0.4 is 10.6 Å². The summed E-state index contributed by atoms with van der Waals surface area (Å²) in [5, 5.41) is 14.5. The fraction of sp³-hybridized carbons (Fsp3) is 0.214. The number of furan rings is 1. The van der Waals surface area contributed by atoms with Crippen molar-refractivity contribution in [2.75, 3.05) is 18.5 Å². The minimum atomic E-state index is -0.195. The summed E-state index contributed by atoms with van der Waals surface area (Å²) in [5.74, 6) is 0.620. The molecule has 0 atom stereocenters. The Labute approximate surface area is 125 Å². The molecule has 2 aromatic rings. The summed E-state index contributed by atoms with van der Waals surface area (Å²) in [7, 11) is 0. The van der Waals surface area contributed by atoms with E-state index in [2.05, 4.69) is 26.6 Å². The fourth-order valence-electron chi connectivity index (χ4n) is 1.64. The van der Waals surface area contributed by atoms with Crippen molar-refractivity contribution in [3.05, 3.63) is 52.4 Å². The van der Waals surface area contributed by atoms with Crippen LogP contribution in [0.4, 0.5) is 5.69 Å². The quantitative estimate of drug-likeness (QED) is 0.755. The van der Waals surface area contributed by atoms with Crippen molar-refractivity contribution < 1.29 is 14.3 Å². The summed E-state index contributed by atoms with van der Waals surface area (Å²) in [4.78, 5) is 11.6. The van der Waals surface area contributed by atoms with Crippen LogP contribution in [-0.4, -0.2) is 24.2 Å². The largest absolute Gasteiger partial charge is 0.466 e. The summed E-state index contributed by atoms with van der Waals surface area (Å²) in [5.41, 5.74) is 1.45. The number of nitrogens with one attached hydrogen (secondary N) is 2. The number of carbonyl (C=O) groups excluding carboxylic acids is 1. The highest BCUT2D eigenvalue weighted by Crippen LogP contribution is 2.19. The summed E-state index contributed by atoms with van der Waals surface area (Å²) in [6.07, 6.45) is 1.62. The molecule has 0 radical (unpaired) electrons. The Kier molecular flexibility index (Phi) is 5.20. The normalized spacial score (nSPS) is 10.3. The minimum Gasteiger partial charge on any atom is -0.466 e. The van der Waals surface area contributed by atoms with Gasteiger partial charge in [0.15, 0.2) is 0 Å². The van der Waals surface area contributed by atoms with Gasteiger partial charge in [0.1, 0.15) is 5.76 Å². The van der Waals surface area contributed by atoms with Crippen molar-refractivity contribution in [2.24, 2.45) is 0 Å². The second-order valence-corrected chi connectivity index (χ2v) is 4.96. The van der Waals surface area contributed by atoms with Gasteiger partial charge in [-0.2, -0.15) is 0 Å². The van der Waals surface area contributed by atoms with Crippen LogP contribution in [0.2, 0.25) is 0 Å². The van der Waals surface area contributed by atoms with E-state index in [9.17, 15) is 4.79 Å². The zero-order valence-corrected chi connectivity index (χ0v) is 12.3. The molecule has 2 rings (SSSR count). The van der Waals surface area contributed by atoms with Crippen LogP contribution in [0.3, 0.4) is 0 Å². The fourth-order valence-corrected chi connectivity index (χ4v) is 1.99. The molecule has 1 aromatic carbocycles. The molecule has 0 aliphatic carbocycles. The predicted octanol–water partition coefficient (Wildman–Crippen LogP) is 2.38. The second-order valence-electron chi connectivity index (χ2n) is 4.10. The number of hydrogen-bond donors (Lipinski definition) is 3. The van der Waals surface area contributed by atoms with Gasteiger partial charge in [-0.1, -0.05) is 0 Å². The van der Waals surface area contributed by atoms with Gasteiger partial charge >= 0.3 is 0 Å². The maximum absolute atomic E-state index is 11.6. The molecule has 20 heavy (non-hydrogen) atoms. The molecule has 6 heteroatoms. The first-order valence-electron chi connectivity index (χ1n) is 6.15. The van der Waals surface area contributed by atoms with E-state index in [0.717, 1.165) is 15.9 Å². The maximum atomic E-state index is 11.6. The molecule has 106 valence electrons. The Hall–Kier alpha value is -1.79. The molecule has 0 saturated heterocycles. The van der Waals surface area contributed by atoms with Crippen LogP contribution in [0.5, 0.6) is 0 Å². The molecule has 0 spiro atoms. The summed E-state index contributed by atoms with van der Waals surface area (Å²) in [6, 6.07) is 8.94. The van der Waals surface area contributed by atoms with Gasteiger partial charge in [0, 0.05) is 17.8 Å². The Bertz CT molecular complexity index is 566. The number of halogens is 1. The van der Waals surface area contributed by atoms with Gasteiger partial charge in [0.05, 0.1) is 23.9 Å². The van der Waals surface area contributed by atoms with Crippen molar-refractivity contribution in [3.8, 4) is 0 Å². The molecule has 0 saturated carbocycles. The number of carbonyl (C=O) groups is 1. The lowest BCUT2D eigenvalue weighted by atomic mass is 10.2. The molecular weight excluding hydrogens is 324 g/mol. The molecule has 1 amide bonds. The Morgan fingerprint density at radius 3 is 2.60 bits per heavy atom. The molecule has 1 aromatic heterocycles. The van der Waals surface area contributed by atoms with Crippen molar-refractivity contribution >= 4 is 27.5 Å². The van der Waals surface area contributed by atoms with Crippen molar-refractivity contribution in [1.82, 2.24) is 5.32 Å². The Balaban J connectivity index is 1.91. The average molecular weight is 339 g/mol. The maximum Gasteiger partial charge on any atom is 0.251 e. The van der Waals surface area contributed by atoms with E-state index in [0.29, 0.717) is 12.1 Å². The van der Waals surface area contributed by atoms with Crippen LogP contribution in [0.25, 0.3) is 0 Å². The summed E-state index contributed by atoms with van der Waals surface area (Å²) < 4.78 is 6.22. The number of rotatable bonds is 6. The van der Waals surface area contributed by atoms with Gasteiger partial charge in [-0.05, 0) is 46.3 Å². The van der Waals surface area contributed by atoms with E-state index in [1.807, 2.05) is 18.2 Å². The first-order chi connectivity index (χ1) is 9.70. The van der Waals surface area contributed by atoms with Crippen LogP contribution in [0.15, 0.2) is 45.5 Å². The lowest BCUT2D eigenvalue weighted by molar-refractivity contribution is 0.0945. The van der Waals surface area contributed by atoms with E-state index in [4.69, 9.17) is 9.52 Å². The van der Waals surface area contributed by atoms with Gasteiger partial charge in [-0.3, -0.25) is 4.79 Å². The minimum absolute atomic E-state index is 0.0661. The molecule has 0 bridgehead atoms. The predicted molar refractivity (Wildman–Crippen MR) is 79.6 cm³/mol. The van der Waals surface area contributed by atoms with Crippen molar-refractivity contribution in [3.63, 3.8) is 0 Å². The van der Waals surface area contributed by atoms with E-state index < -0.39 is 0 Å². The molecule has 1 heterocycles. The topological polar surface area (TPSA) is 74.5 Å². The van der Waals surface area contributed by atoms with Crippen LogP contribution in [0.1, 0.15) is 16.1 Å². The number of aliphatic hydroxyl groups excluding tert-OH is 1. The summed E-state index contributed by atoms with van der Waals surface area (Å²) in [6.45, 7) is 0.748. The zero-order valence-electron chi connectivity index (χ0n) is 10.7. The highest BCUT2D eigenvalue weighted by molar-refractivity contribution is 9.10. The lowest BCUT2D eigenvalue weighted by Crippen LogP contribution is -2.26. The summed E-state index contributed by atoms with van der Waals surface area (Å²) >= 11 is 3.39. The molecule has 0 aliphatic heterocycles. The first kappa shape index (κ1) is 14.6. The zero-order chi connectivity index (χ0) is 14.4. The van der Waals surface area contributed by atoms with Crippen molar-refractivity contribution in [2.45, 2.75) is 6.54 Å². The van der Waals surface area contributed by atoms with E-state index in [1.165, 1.54) is 0 Å². The van der Waals surface area contributed by atoms with Gasteiger partial charge in [0.25, 0.3) is 5.91 Å². The third-order valence-corrected chi connectivity index (χ3v) is 3.40. The van der Waals surface area contributed by atoms with E-state index in [-0.39, 0.29) is 19.1 Å².